The highest BCUT2D eigenvalue weighted by Gasteiger charge is 2.19. The van der Waals surface area contributed by atoms with Gasteiger partial charge in [0.2, 0.25) is 0 Å². The molecule has 0 atom stereocenters. The molecule has 0 bridgehead atoms. The molecule has 120 valence electrons. The monoisotopic (exact) mass is 295 g/mol. The van der Waals surface area contributed by atoms with Crippen LogP contribution >= 0.6 is 0 Å². The molecular weight excluding hydrogens is 266 g/mol. The maximum atomic E-state index is 5.51. The predicted octanol–water partition coefficient (Wildman–Crippen LogP) is 2.23. The van der Waals surface area contributed by atoms with Gasteiger partial charge in [-0.05, 0) is 5.56 Å². The zero-order chi connectivity index (χ0) is 15.4. The topological polar surface area (TPSA) is 39.7 Å². The molecule has 0 amide bonds. The molecule has 4 heteroatoms. The fraction of sp³-hybridized carbons (Fsp3) is 0.647. The Morgan fingerprint density at radius 3 is 2.19 bits per heavy atom. The molecule has 21 heavy (non-hydrogen) atoms. The first kappa shape index (κ1) is 18.1. The molecule has 1 N–H and O–H groups in total. The van der Waals surface area contributed by atoms with Gasteiger partial charge < -0.3 is 19.5 Å². The van der Waals surface area contributed by atoms with Crippen molar-refractivity contribution in [1.82, 2.24) is 5.32 Å². The second-order valence-electron chi connectivity index (χ2n) is 5.64. The molecule has 0 unspecified atom stereocenters. The summed E-state index contributed by atoms with van der Waals surface area (Å²) in [4.78, 5) is 0. The predicted molar refractivity (Wildman–Crippen MR) is 85.9 cm³/mol. The van der Waals surface area contributed by atoms with Crippen molar-refractivity contribution in [1.29, 1.82) is 0 Å². The van der Waals surface area contributed by atoms with Gasteiger partial charge in [0, 0.05) is 25.6 Å². The highest BCUT2D eigenvalue weighted by atomic mass is 16.5. The fourth-order valence-corrected chi connectivity index (χ4v) is 2.00. The van der Waals surface area contributed by atoms with Crippen LogP contribution in [-0.4, -0.2) is 53.2 Å². The molecule has 1 aromatic rings. The number of nitrogens with one attached hydrogen (secondary N) is 1. The van der Waals surface area contributed by atoms with Crippen LogP contribution in [0.3, 0.4) is 0 Å². The second-order valence-corrected chi connectivity index (χ2v) is 5.64. The van der Waals surface area contributed by atoms with Crippen LogP contribution in [0.5, 0.6) is 0 Å². The summed E-state index contributed by atoms with van der Waals surface area (Å²) in [7, 11) is 1.67. The molecule has 0 fully saturated rings. The molecule has 0 saturated heterocycles. The number of rotatable bonds is 12. The van der Waals surface area contributed by atoms with Gasteiger partial charge in [-0.25, -0.2) is 0 Å². The number of benzene rings is 1. The summed E-state index contributed by atoms with van der Waals surface area (Å²) < 4.78 is 15.7. The number of hydrogen-bond acceptors (Lipinski definition) is 4. The molecule has 0 aliphatic rings. The molecule has 4 nitrogen and oxygen atoms in total. The Morgan fingerprint density at radius 1 is 0.905 bits per heavy atom. The van der Waals surface area contributed by atoms with Crippen molar-refractivity contribution in [2.45, 2.75) is 19.3 Å². The van der Waals surface area contributed by atoms with Gasteiger partial charge in [-0.2, -0.15) is 0 Å². The van der Waals surface area contributed by atoms with Crippen LogP contribution in [0.15, 0.2) is 30.3 Å². The SMILES string of the molecule is COCCOCCOCCNCC(C)(C)c1ccccc1. The van der Waals surface area contributed by atoms with E-state index in [1.165, 1.54) is 5.56 Å². The van der Waals surface area contributed by atoms with Crippen LogP contribution < -0.4 is 5.32 Å². The summed E-state index contributed by atoms with van der Waals surface area (Å²) in [6.45, 7) is 9.52. The zero-order valence-corrected chi connectivity index (χ0v) is 13.6. The Hall–Kier alpha value is -0.940. The van der Waals surface area contributed by atoms with Gasteiger partial charge in [0.25, 0.3) is 0 Å². The molecule has 0 aliphatic carbocycles. The second kappa shape index (κ2) is 10.7. The van der Waals surface area contributed by atoms with E-state index in [1.807, 2.05) is 0 Å². The average Bonchev–Trinajstić information content (AvgIpc) is 2.50. The maximum Gasteiger partial charge on any atom is 0.0701 e. The lowest BCUT2D eigenvalue weighted by molar-refractivity contribution is 0.0254. The van der Waals surface area contributed by atoms with Gasteiger partial charge in [0.1, 0.15) is 0 Å². The Bertz CT molecular complexity index is 354. The van der Waals surface area contributed by atoms with E-state index in [1.54, 1.807) is 7.11 Å². The van der Waals surface area contributed by atoms with Gasteiger partial charge in [-0.3, -0.25) is 0 Å². The third-order valence-electron chi connectivity index (χ3n) is 3.35. The van der Waals surface area contributed by atoms with Crippen molar-refractivity contribution in [3.05, 3.63) is 35.9 Å². The number of methoxy groups -OCH3 is 1. The Kier molecular flexibility index (Phi) is 9.26. The molecule has 1 rings (SSSR count). The summed E-state index contributed by atoms with van der Waals surface area (Å²) >= 11 is 0. The van der Waals surface area contributed by atoms with E-state index >= 15 is 0 Å². The van der Waals surface area contributed by atoms with Gasteiger partial charge in [0.05, 0.1) is 33.0 Å². The highest BCUT2D eigenvalue weighted by molar-refractivity contribution is 5.23. The third kappa shape index (κ3) is 8.17. The zero-order valence-electron chi connectivity index (χ0n) is 13.6. The first-order valence-corrected chi connectivity index (χ1v) is 7.57. The minimum absolute atomic E-state index is 0.129. The van der Waals surface area contributed by atoms with Gasteiger partial charge in [-0.1, -0.05) is 44.2 Å². The van der Waals surface area contributed by atoms with Crippen LogP contribution in [0.25, 0.3) is 0 Å². The molecule has 0 aliphatic heterocycles. The lowest BCUT2D eigenvalue weighted by Crippen LogP contribution is -2.34. The third-order valence-corrected chi connectivity index (χ3v) is 3.35. The summed E-state index contributed by atoms with van der Waals surface area (Å²) in [6, 6.07) is 10.6. The average molecular weight is 295 g/mol. The number of hydrogen-bond donors (Lipinski definition) is 1. The van der Waals surface area contributed by atoms with Crippen LogP contribution in [0.1, 0.15) is 19.4 Å². The highest BCUT2D eigenvalue weighted by Crippen LogP contribution is 2.21. The Labute approximate surface area is 128 Å². The van der Waals surface area contributed by atoms with Crippen LogP contribution in [0, 0.1) is 0 Å². The van der Waals surface area contributed by atoms with E-state index < -0.39 is 0 Å². The van der Waals surface area contributed by atoms with Crippen LogP contribution in [-0.2, 0) is 19.6 Å². The van der Waals surface area contributed by atoms with Gasteiger partial charge in [-0.15, -0.1) is 0 Å². The van der Waals surface area contributed by atoms with Gasteiger partial charge in [0.15, 0.2) is 0 Å². The molecule has 0 radical (unpaired) electrons. The quantitative estimate of drug-likeness (QED) is 0.600. The summed E-state index contributed by atoms with van der Waals surface area (Å²) in [5.74, 6) is 0. The van der Waals surface area contributed by atoms with E-state index in [0.717, 1.165) is 13.1 Å². The van der Waals surface area contributed by atoms with Crippen molar-refractivity contribution in [2.75, 3.05) is 53.2 Å². The molecule has 1 aromatic carbocycles. The van der Waals surface area contributed by atoms with Crippen molar-refractivity contribution < 1.29 is 14.2 Å². The molecule has 0 saturated carbocycles. The first-order valence-electron chi connectivity index (χ1n) is 7.57. The van der Waals surface area contributed by atoms with E-state index in [2.05, 4.69) is 49.5 Å². The van der Waals surface area contributed by atoms with E-state index in [4.69, 9.17) is 14.2 Å². The minimum Gasteiger partial charge on any atom is -0.382 e. The molecule has 0 spiro atoms. The van der Waals surface area contributed by atoms with Crippen LogP contribution in [0.2, 0.25) is 0 Å². The van der Waals surface area contributed by atoms with E-state index in [0.29, 0.717) is 33.0 Å². The smallest absolute Gasteiger partial charge is 0.0701 e. The number of ether oxygens (including phenoxy) is 3. The summed E-state index contributed by atoms with van der Waals surface area (Å²) in [5.41, 5.74) is 1.48. The normalized spacial score (nSPS) is 11.8. The van der Waals surface area contributed by atoms with Crippen molar-refractivity contribution in [3.63, 3.8) is 0 Å². The largest absolute Gasteiger partial charge is 0.382 e. The maximum absolute atomic E-state index is 5.51. The Morgan fingerprint density at radius 2 is 1.52 bits per heavy atom. The molecule has 0 heterocycles. The van der Waals surface area contributed by atoms with E-state index in [-0.39, 0.29) is 5.41 Å². The van der Waals surface area contributed by atoms with Crippen molar-refractivity contribution >= 4 is 0 Å². The van der Waals surface area contributed by atoms with Crippen molar-refractivity contribution in [2.24, 2.45) is 0 Å². The Balaban J connectivity index is 2.01. The minimum atomic E-state index is 0.129. The standard InChI is InChI=1S/C17H29NO3/c1-17(2,16-7-5-4-6-8-16)15-18-9-10-20-13-14-21-12-11-19-3/h4-8,18H,9-15H2,1-3H3. The lowest BCUT2D eigenvalue weighted by atomic mass is 9.85. The lowest BCUT2D eigenvalue weighted by Gasteiger charge is -2.25. The van der Waals surface area contributed by atoms with Crippen LogP contribution in [0.4, 0.5) is 0 Å². The van der Waals surface area contributed by atoms with Crippen molar-refractivity contribution in [3.8, 4) is 0 Å². The molecule has 0 aromatic heterocycles. The first-order chi connectivity index (χ1) is 10.2. The van der Waals surface area contributed by atoms with Gasteiger partial charge >= 0.3 is 0 Å². The fourth-order valence-electron chi connectivity index (χ4n) is 2.00. The molecular formula is C17H29NO3. The summed E-state index contributed by atoms with van der Waals surface area (Å²) in [6.07, 6.45) is 0. The summed E-state index contributed by atoms with van der Waals surface area (Å²) in [5, 5.41) is 3.45. The van der Waals surface area contributed by atoms with E-state index in [9.17, 15) is 0 Å².